The number of rotatable bonds is 11. The van der Waals surface area contributed by atoms with Crippen LogP contribution in [0.25, 0.3) is 0 Å². The molecule has 0 aliphatic heterocycles. The van der Waals surface area contributed by atoms with Crippen molar-refractivity contribution in [2.24, 2.45) is 0 Å². The molecule has 0 spiro atoms. The summed E-state index contributed by atoms with van der Waals surface area (Å²) >= 11 is 12.4. The molecule has 1 atom stereocenters. The number of carbonyl (C=O) groups excluding carboxylic acids is 2. The van der Waals surface area contributed by atoms with Crippen molar-refractivity contribution in [1.82, 2.24) is 10.2 Å². The zero-order valence-corrected chi connectivity index (χ0v) is 23.0. The largest absolute Gasteiger partial charge is 0.352 e. The molecule has 36 heavy (non-hydrogen) atoms. The van der Waals surface area contributed by atoms with Crippen molar-refractivity contribution in [2.75, 3.05) is 23.7 Å². The number of carbonyl (C=O) groups is 2. The molecule has 2 aromatic carbocycles. The maximum atomic E-state index is 13.7. The van der Waals surface area contributed by atoms with Crippen LogP contribution in [0, 0.1) is 0 Å². The van der Waals surface area contributed by atoms with E-state index in [-0.39, 0.29) is 34.2 Å². The first-order chi connectivity index (χ1) is 17.1. The second-order valence-electron chi connectivity index (χ2n) is 9.08. The molecule has 0 saturated heterocycles. The summed E-state index contributed by atoms with van der Waals surface area (Å²) in [5.41, 5.74) is 1.13. The van der Waals surface area contributed by atoms with Gasteiger partial charge in [-0.1, -0.05) is 79.4 Å². The predicted octanol–water partition coefficient (Wildman–Crippen LogP) is 4.67. The van der Waals surface area contributed by atoms with Crippen LogP contribution >= 0.6 is 23.2 Å². The van der Waals surface area contributed by atoms with E-state index in [0.717, 1.165) is 41.8 Å². The van der Waals surface area contributed by atoms with Crippen LogP contribution in [0.2, 0.25) is 10.0 Å². The predicted molar refractivity (Wildman–Crippen MR) is 145 cm³/mol. The van der Waals surface area contributed by atoms with E-state index in [9.17, 15) is 18.0 Å². The molecule has 2 amide bonds. The zero-order valence-electron chi connectivity index (χ0n) is 20.6. The Balaban J connectivity index is 1.89. The summed E-state index contributed by atoms with van der Waals surface area (Å²) in [5, 5.41) is 3.31. The molecular formula is C26H33Cl2N3O4S. The van der Waals surface area contributed by atoms with E-state index in [0.29, 0.717) is 12.8 Å². The van der Waals surface area contributed by atoms with Crippen LogP contribution in [0.15, 0.2) is 48.5 Å². The summed E-state index contributed by atoms with van der Waals surface area (Å²) in [6.45, 7) is 1.62. The van der Waals surface area contributed by atoms with Crippen molar-refractivity contribution in [3.63, 3.8) is 0 Å². The third kappa shape index (κ3) is 7.37. The SMILES string of the molecule is CC[C@@H](C(=O)NC1CCCC1)N(CCc1ccccc1)C(=O)CN(c1cccc(Cl)c1Cl)S(C)(=O)=O. The molecular weight excluding hydrogens is 521 g/mol. The van der Waals surface area contributed by atoms with Crippen molar-refractivity contribution in [1.29, 1.82) is 0 Å². The molecule has 0 radical (unpaired) electrons. The van der Waals surface area contributed by atoms with Crippen LogP contribution in [0.1, 0.15) is 44.6 Å². The molecule has 0 heterocycles. The highest BCUT2D eigenvalue weighted by Gasteiger charge is 2.33. The fraction of sp³-hybridized carbons (Fsp3) is 0.462. The fourth-order valence-electron chi connectivity index (χ4n) is 4.54. The van der Waals surface area contributed by atoms with Crippen molar-refractivity contribution in [3.05, 3.63) is 64.1 Å². The minimum Gasteiger partial charge on any atom is -0.352 e. The number of nitrogens with one attached hydrogen (secondary N) is 1. The fourth-order valence-corrected chi connectivity index (χ4v) is 5.85. The van der Waals surface area contributed by atoms with Gasteiger partial charge in [0.15, 0.2) is 0 Å². The quantitative estimate of drug-likeness (QED) is 0.438. The van der Waals surface area contributed by atoms with E-state index < -0.39 is 28.5 Å². The number of halogens is 2. The molecule has 1 aliphatic rings. The standard InChI is InChI=1S/C26H33Cl2N3O4S/c1-3-22(26(33)29-20-12-7-8-13-20)30(17-16-19-10-5-4-6-11-19)24(32)18-31(36(2,34)35)23-15-9-14-21(27)25(23)28/h4-6,9-11,14-15,20,22H,3,7-8,12-13,16-18H2,1-2H3,(H,29,33)/t22-/m0/s1. The number of benzene rings is 2. The van der Waals surface area contributed by atoms with E-state index in [1.165, 1.54) is 11.0 Å². The summed E-state index contributed by atoms with van der Waals surface area (Å²) in [6, 6.07) is 13.7. The number of amides is 2. The number of nitrogens with zero attached hydrogens (tertiary/aromatic N) is 2. The molecule has 0 aromatic heterocycles. The topological polar surface area (TPSA) is 86.8 Å². The van der Waals surface area contributed by atoms with Crippen LogP contribution in [0.5, 0.6) is 0 Å². The summed E-state index contributed by atoms with van der Waals surface area (Å²) in [6.07, 6.45) is 5.93. The van der Waals surface area contributed by atoms with E-state index >= 15 is 0 Å². The average molecular weight is 555 g/mol. The Morgan fingerprint density at radius 1 is 1.06 bits per heavy atom. The van der Waals surface area contributed by atoms with Gasteiger partial charge >= 0.3 is 0 Å². The minimum atomic E-state index is -3.88. The van der Waals surface area contributed by atoms with Gasteiger partial charge < -0.3 is 10.2 Å². The summed E-state index contributed by atoms with van der Waals surface area (Å²) < 4.78 is 26.4. The minimum absolute atomic E-state index is 0.0410. The van der Waals surface area contributed by atoms with Gasteiger partial charge in [0, 0.05) is 12.6 Å². The molecule has 196 valence electrons. The third-order valence-corrected chi connectivity index (χ3v) is 8.39. The summed E-state index contributed by atoms with van der Waals surface area (Å²) in [4.78, 5) is 28.5. The van der Waals surface area contributed by atoms with Crippen LogP contribution in [0.4, 0.5) is 5.69 Å². The first kappa shape index (κ1) is 28.3. The zero-order chi connectivity index (χ0) is 26.3. The van der Waals surface area contributed by atoms with Gasteiger partial charge in [-0.3, -0.25) is 13.9 Å². The van der Waals surface area contributed by atoms with Gasteiger partial charge in [-0.25, -0.2) is 8.42 Å². The highest BCUT2D eigenvalue weighted by molar-refractivity contribution is 7.92. The Bertz CT molecular complexity index is 1160. The van der Waals surface area contributed by atoms with Gasteiger partial charge in [0.2, 0.25) is 21.8 Å². The maximum absolute atomic E-state index is 13.7. The number of hydrogen-bond donors (Lipinski definition) is 1. The van der Waals surface area contributed by atoms with E-state index in [1.54, 1.807) is 12.1 Å². The molecule has 0 unspecified atom stereocenters. The van der Waals surface area contributed by atoms with Crippen molar-refractivity contribution in [3.8, 4) is 0 Å². The van der Waals surface area contributed by atoms with Crippen LogP contribution in [-0.4, -0.2) is 56.6 Å². The number of sulfonamides is 1. The second-order valence-corrected chi connectivity index (χ2v) is 11.8. The maximum Gasteiger partial charge on any atom is 0.244 e. The Morgan fingerprint density at radius 3 is 2.33 bits per heavy atom. The Labute approximate surface area is 223 Å². The van der Waals surface area contributed by atoms with Gasteiger partial charge in [-0.15, -0.1) is 0 Å². The lowest BCUT2D eigenvalue weighted by Crippen LogP contribution is -2.54. The molecule has 1 aliphatic carbocycles. The Hall–Kier alpha value is -2.29. The van der Waals surface area contributed by atoms with Gasteiger partial charge in [-0.05, 0) is 43.4 Å². The van der Waals surface area contributed by atoms with Gasteiger partial charge in [0.25, 0.3) is 0 Å². The summed E-state index contributed by atoms with van der Waals surface area (Å²) in [5.74, 6) is -0.696. The number of anilines is 1. The second kappa shape index (κ2) is 12.8. The lowest BCUT2D eigenvalue weighted by molar-refractivity contribution is -0.139. The van der Waals surface area contributed by atoms with Gasteiger partial charge in [0.1, 0.15) is 12.6 Å². The molecule has 0 bridgehead atoms. The first-order valence-electron chi connectivity index (χ1n) is 12.2. The monoisotopic (exact) mass is 553 g/mol. The molecule has 10 heteroatoms. The molecule has 3 rings (SSSR count). The summed E-state index contributed by atoms with van der Waals surface area (Å²) in [7, 11) is -3.88. The Kier molecular flexibility index (Phi) is 10.0. The van der Waals surface area contributed by atoms with Gasteiger partial charge in [-0.2, -0.15) is 0 Å². The highest BCUT2D eigenvalue weighted by atomic mass is 35.5. The normalized spacial score (nSPS) is 14.9. The van der Waals surface area contributed by atoms with Crippen molar-refractivity contribution >= 4 is 50.7 Å². The molecule has 1 fully saturated rings. The van der Waals surface area contributed by atoms with Crippen LogP contribution in [-0.2, 0) is 26.0 Å². The molecule has 7 nitrogen and oxygen atoms in total. The van der Waals surface area contributed by atoms with Gasteiger partial charge in [0.05, 0.1) is 22.0 Å². The highest BCUT2D eigenvalue weighted by Crippen LogP contribution is 2.33. The number of hydrogen-bond acceptors (Lipinski definition) is 4. The molecule has 2 aromatic rings. The lowest BCUT2D eigenvalue weighted by atomic mass is 10.1. The smallest absolute Gasteiger partial charge is 0.244 e. The molecule has 1 N–H and O–H groups in total. The molecule has 1 saturated carbocycles. The Morgan fingerprint density at radius 2 is 1.72 bits per heavy atom. The lowest BCUT2D eigenvalue weighted by Gasteiger charge is -2.33. The van der Waals surface area contributed by atoms with E-state index in [1.807, 2.05) is 37.3 Å². The van der Waals surface area contributed by atoms with Crippen LogP contribution in [0.3, 0.4) is 0 Å². The van der Waals surface area contributed by atoms with E-state index in [2.05, 4.69) is 5.32 Å². The van der Waals surface area contributed by atoms with E-state index in [4.69, 9.17) is 23.2 Å². The average Bonchev–Trinajstić information content (AvgIpc) is 3.35. The van der Waals surface area contributed by atoms with Crippen molar-refractivity contribution in [2.45, 2.75) is 57.5 Å². The third-order valence-electron chi connectivity index (χ3n) is 6.45. The first-order valence-corrected chi connectivity index (χ1v) is 14.8. The van der Waals surface area contributed by atoms with Crippen LogP contribution < -0.4 is 9.62 Å². The van der Waals surface area contributed by atoms with Crippen molar-refractivity contribution < 1.29 is 18.0 Å².